The Balaban J connectivity index is 2.09. The van der Waals surface area contributed by atoms with E-state index < -0.39 is 0 Å². The van der Waals surface area contributed by atoms with Crippen LogP contribution in [0.15, 0.2) is 18.2 Å². The molecule has 0 radical (unpaired) electrons. The summed E-state index contributed by atoms with van der Waals surface area (Å²) in [6.45, 7) is 5.39. The van der Waals surface area contributed by atoms with Gasteiger partial charge in [-0.15, -0.1) is 0 Å². The zero-order valence-electron chi connectivity index (χ0n) is 12.5. The quantitative estimate of drug-likeness (QED) is 0.821. The van der Waals surface area contributed by atoms with Crippen molar-refractivity contribution < 1.29 is 4.39 Å². The topological polar surface area (TPSA) is 12.0 Å². The number of halogens is 2. The molecule has 1 aliphatic carbocycles. The van der Waals surface area contributed by atoms with Gasteiger partial charge in [0.05, 0.1) is 0 Å². The predicted molar refractivity (Wildman–Crippen MR) is 83.7 cm³/mol. The largest absolute Gasteiger partial charge is 0.314 e. The molecule has 20 heavy (non-hydrogen) atoms. The van der Waals surface area contributed by atoms with Gasteiger partial charge in [0, 0.05) is 11.1 Å². The molecule has 1 aliphatic rings. The van der Waals surface area contributed by atoms with Gasteiger partial charge in [-0.25, -0.2) is 4.39 Å². The summed E-state index contributed by atoms with van der Waals surface area (Å²) in [7, 11) is 0. The Morgan fingerprint density at radius 3 is 2.75 bits per heavy atom. The van der Waals surface area contributed by atoms with Crippen molar-refractivity contribution in [2.24, 2.45) is 11.8 Å². The van der Waals surface area contributed by atoms with Gasteiger partial charge in [0.2, 0.25) is 0 Å². The van der Waals surface area contributed by atoms with E-state index in [4.69, 9.17) is 11.6 Å². The van der Waals surface area contributed by atoms with E-state index in [0.29, 0.717) is 17.0 Å². The maximum atomic E-state index is 14.0. The fraction of sp³-hybridized carbons (Fsp3) is 0.647. The Labute approximate surface area is 126 Å². The first-order valence-corrected chi connectivity index (χ1v) is 8.19. The fourth-order valence-corrected chi connectivity index (χ4v) is 3.62. The Morgan fingerprint density at radius 2 is 2.10 bits per heavy atom. The molecule has 1 nitrogen and oxygen atoms in total. The van der Waals surface area contributed by atoms with Crippen LogP contribution in [0, 0.1) is 17.7 Å². The molecule has 0 aromatic heterocycles. The van der Waals surface area contributed by atoms with E-state index in [9.17, 15) is 4.39 Å². The molecule has 0 amide bonds. The van der Waals surface area contributed by atoms with Crippen molar-refractivity contribution in [1.82, 2.24) is 5.32 Å². The fourth-order valence-electron chi connectivity index (χ4n) is 3.46. The molecule has 1 aromatic carbocycles. The minimum Gasteiger partial charge on any atom is -0.314 e. The summed E-state index contributed by atoms with van der Waals surface area (Å²) < 4.78 is 14.0. The van der Waals surface area contributed by atoms with Crippen molar-refractivity contribution in [3.8, 4) is 0 Å². The molecule has 0 aliphatic heterocycles. The van der Waals surface area contributed by atoms with Crippen LogP contribution in [0.5, 0.6) is 0 Å². The maximum absolute atomic E-state index is 14.0. The smallest absolute Gasteiger partial charge is 0.127 e. The van der Waals surface area contributed by atoms with Crippen LogP contribution in [-0.4, -0.2) is 12.6 Å². The van der Waals surface area contributed by atoms with Crippen LogP contribution in [0.3, 0.4) is 0 Å². The monoisotopic (exact) mass is 297 g/mol. The standard InChI is InChI=1S/C17H25ClFN/c1-3-12-5-8-17(20-4-2)14(9-12)10-13-6-7-15(18)11-16(13)19/h6-7,11-12,14,17,20H,3-5,8-10H2,1-2H3. The van der Waals surface area contributed by atoms with Gasteiger partial charge < -0.3 is 5.32 Å². The van der Waals surface area contributed by atoms with E-state index in [1.165, 1.54) is 31.7 Å². The third-order valence-corrected chi connectivity index (χ3v) is 4.87. The Kier molecular flexibility index (Phi) is 5.86. The normalized spacial score (nSPS) is 26.7. The van der Waals surface area contributed by atoms with Crippen LogP contribution in [0.1, 0.15) is 45.1 Å². The second-order valence-electron chi connectivity index (χ2n) is 5.95. The Morgan fingerprint density at radius 1 is 1.30 bits per heavy atom. The zero-order valence-corrected chi connectivity index (χ0v) is 13.2. The van der Waals surface area contributed by atoms with Crippen molar-refractivity contribution in [2.75, 3.05) is 6.54 Å². The van der Waals surface area contributed by atoms with E-state index in [2.05, 4.69) is 19.2 Å². The highest BCUT2D eigenvalue weighted by atomic mass is 35.5. The molecule has 0 spiro atoms. The maximum Gasteiger partial charge on any atom is 0.127 e. The zero-order chi connectivity index (χ0) is 14.5. The molecule has 112 valence electrons. The molecule has 3 unspecified atom stereocenters. The van der Waals surface area contributed by atoms with Crippen molar-refractivity contribution in [1.29, 1.82) is 0 Å². The lowest BCUT2D eigenvalue weighted by Crippen LogP contribution is -2.41. The van der Waals surface area contributed by atoms with Crippen molar-refractivity contribution in [3.05, 3.63) is 34.6 Å². The molecular formula is C17H25ClFN. The lowest BCUT2D eigenvalue weighted by Gasteiger charge is -2.36. The van der Waals surface area contributed by atoms with Gasteiger partial charge in [0.1, 0.15) is 5.82 Å². The SMILES string of the molecule is CCNC1CCC(CC)CC1Cc1ccc(Cl)cc1F. The molecule has 1 aromatic rings. The van der Waals surface area contributed by atoms with Gasteiger partial charge in [0.25, 0.3) is 0 Å². The third kappa shape index (κ3) is 3.95. The molecule has 1 N–H and O–H groups in total. The summed E-state index contributed by atoms with van der Waals surface area (Å²) in [6.07, 6.45) is 5.77. The van der Waals surface area contributed by atoms with Crippen molar-refractivity contribution in [2.45, 2.75) is 52.0 Å². The second-order valence-corrected chi connectivity index (χ2v) is 6.39. The van der Waals surface area contributed by atoms with E-state index in [-0.39, 0.29) is 5.82 Å². The average Bonchev–Trinajstić information content (AvgIpc) is 2.44. The Hall–Kier alpha value is -0.600. The lowest BCUT2D eigenvalue weighted by molar-refractivity contribution is 0.199. The summed E-state index contributed by atoms with van der Waals surface area (Å²) in [4.78, 5) is 0. The summed E-state index contributed by atoms with van der Waals surface area (Å²) in [5, 5.41) is 4.06. The molecule has 2 rings (SSSR count). The minimum atomic E-state index is -0.161. The molecule has 0 bridgehead atoms. The first kappa shape index (κ1) is 15.8. The summed E-state index contributed by atoms with van der Waals surface area (Å²) in [5.74, 6) is 1.17. The van der Waals surface area contributed by atoms with E-state index in [1.54, 1.807) is 6.07 Å². The molecular weight excluding hydrogens is 273 g/mol. The molecule has 0 heterocycles. The van der Waals surface area contributed by atoms with E-state index >= 15 is 0 Å². The first-order chi connectivity index (χ1) is 9.63. The summed E-state index contributed by atoms with van der Waals surface area (Å²) in [5.41, 5.74) is 0.805. The van der Waals surface area contributed by atoms with Gasteiger partial charge in [-0.05, 0) is 61.8 Å². The molecule has 3 atom stereocenters. The van der Waals surface area contributed by atoms with E-state index in [1.807, 2.05) is 6.07 Å². The molecule has 1 fully saturated rings. The van der Waals surface area contributed by atoms with Crippen LogP contribution >= 0.6 is 11.6 Å². The number of benzene rings is 1. The van der Waals surface area contributed by atoms with Crippen LogP contribution < -0.4 is 5.32 Å². The van der Waals surface area contributed by atoms with Gasteiger partial charge in [0.15, 0.2) is 0 Å². The van der Waals surface area contributed by atoms with Crippen LogP contribution in [0.2, 0.25) is 5.02 Å². The highest BCUT2D eigenvalue weighted by molar-refractivity contribution is 6.30. The van der Waals surface area contributed by atoms with Crippen LogP contribution in [0.25, 0.3) is 0 Å². The van der Waals surface area contributed by atoms with Gasteiger partial charge >= 0.3 is 0 Å². The average molecular weight is 298 g/mol. The van der Waals surface area contributed by atoms with Gasteiger partial charge in [-0.3, -0.25) is 0 Å². The number of hydrogen-bond acceptors (Lipinski definition) is 1. The van der Waals surface area contributed by atoms with Crippen LogP contribution in [0.4, 0.5) is 4.39 Å². The minimum absolute atomic E-state index is 0.161. The Bertz CT molecular complexity index is 435. The first-order valence-electron chi connectivity index (χ1n) is 7.81. The summed E-state index contributed by atoms with van der Waals surface area (Å²) in [6, 6.07) is 5.59. The number of rotatable bonds is 5. The van der Waals surface area contributed by atoms with Crippen molar-refractivity contribution in [3.63, 3.8) is 0 Å². The third-order valence-electron chi connectivity index (χ3n) is 4.63. The van der Waals surface area contributed by atoms with Gasteiger partial charge in [-0.2, -0.15) is 0 Å². The van der Waals surface area contributed by atoms with Crippen molar-refractivity contribution >= 4 is 11.6 Å². The van der Waals surface area contributed by atoms with Crippen LogP contribution in [-0.2, 0) is 6.42 Å². The van der Waals surface area contributed by atoms with E-state index in [0.717, 1.165) is 24.4 Å². The molecule has 3 heteroatoms. The summed E-state index contributed by atoms with van der Waals surface area (Å²) >= 11 is 5.83. The highest BCUT2D eigenvalue weighted by Gasteiger charge is 2.29. The van der Waals surface area contributed by atoms with Gasteiger partial charge in [-0.1, -0.05) is 37.9 Å². The highest BCUT2D eigenvalue weighted by Crippen LogP contribution is 2.34. The predicted octanol–water partition coefficient (Wildman–Crippen LogP) is 4.83. The number of nitrogens with one attached hydrogen (secondary N) is 1. The number of hydrogen-bond donors (Lipinski definition) is 1. The molecule has 1 saturated carbocycles. The molecule has 0 saturated heterocycles. The lowest BCUT2D eigenvalue weighted by atomic mass is 9.74. The second kappa shape index (κ2) is 7.42.